The first-order valence-electron chi connectivity index (χ1n) is 2.27. The quantitative estimate of drug-likeness (QED) is 0.602. The molecule has 5 heteroatoms. The first kappa shape index (κ1) is 8.71. The van der Waals surface area contributed by atoms with Gasteiger partial charge in [0.05, 0.1) is 11.6 Å². The van der Waals surface area contributed by atoms with E-state index in [9.17, 15) is 8.78 Å². The Bertz CT molecular complexity index is 98.6. The lowest BCUT2D eigenvalue weighted by molar-refractivity contribution is 0.0326. The molecule has 0 atom stereocenters. The molecule has 2 N–H and O–H groups in total. The maximum absolute atomic E-state index is 11.3. The molecule has 0 rings (SSSR count). The van der Waals surface area contributed by atoms with Crippen LogP contribution in [0.5, 0.6) is 0 Å². The minimum atomic E-state index is -2.45. The molecule has 0 heterocycles. The van der Waals surface area contributed by atoms with E-state index < -0.39 is 13.0 Å². The predicted octanol–water partition coefficient (Wildman–Crippen LogP) is 0.554. The molecule has 0 aromatic rings. The molecule has 0 radical (unpaired) electrons. The van der Waals surface area contributed by atoms with Gasteiger partial charge < -0.3 is 10.5 Å². The van der Waals surface area contributed by atoms with Crippen molar-refractivity contribution in [3.05, 3.63) is 0 Å². The van der Waals surface area contributed by atoms with Crippen LogP contribution in [0, 0.1) is 0 Å². The van der Waals surface area contributed by atoms with E-state index in [0.717, 1.165) is 0 Å². The number of nitrogens with two attached hydrogens (primary N) is 1. The summed E-state index contributed by atoms with van der Waals surface area (Å²) < 4.78 is 26.9. The van der Waals surface area contributed by atoms with Crippen LogP contribution in [0.2, 0.25) is 0 Å². The lowest BCUT2D eigenvalue weighted by Crippen LogP contribution is -2.18. The second-order valence-electron chi connectivity index (χ2n) is 1.37. The zero-order valence-electron chi connectivity index (χ0n) is 4.64. The van der Waals surface area contributed by atoms with Crippen LogP contribution in [0.3, 0.4) is 0 Å². The molecule has 0 fully saturated rings. The van der Waals surface area contributed by atoms with E-state index in [4.69, 9.17) is 5.73 Å². The van der Waals surface area contributed by atoms with Crippen LogP contribution in [-0.4, -0.2) is 24.6 Å². The molecule has 0 spiro atoms. The molecule has 54 valence electrons. The Kier molecular flexibility index (Phi) is 4.43. The van der Waals surface area contributed by atoms with Crippen LogP contribution >= 0.6 is 12.2 Å². The summed E-state index contributed by atoms with van der Waals surface area (Å²) in [6, 6.07) is 0. The van der Waals surface area contributed by atoms with Crippen molar-refractivity contribution in [1.82, 2.24) is 0 Å². The van der Waals surface area contributed by atoms with Crippen LogP contribution in [0.25, 0.3) is 0 Å². The third kappa shape index (κ3) is 7.71. The number of thiocarbonyl (C=S) groups is 1. The average Bonchev–Trinajstić information content (AvgIpc) is 1.63. The topological polar surface area (TPSA) is 35.2 Å². The summed E-state index contributed by atoms with van der Waals surface area (Å²) in [4.78, 5) is 0.0932. The summed E-state index contributed by atoms with van der Waals surface area (Å²) in [5, 5.41) is 0. The Morgan fingerprint density at radius 3 is 2.56 bits per heavy atom. The number of halogens is 2. The summed E-state index contributed by atoms with van der Waals surface area (Å²) in [5.41, 5.74) is 4.94. The van der Waals surface area contributed by atoms with Crippen molar-refractivity contribution < 1.29 is 13.5 Å². The third-order valence-corrected chi connectivity index (χ3v) is 0.606. The van der Waals surface area contributed by atoms with Gasteiger partial charge in [-0.05, 0) is 0 Å². The summed E-state index contributed by atoms with van der Waals surface area (Å²) in [6.45, 7) is -0.670. The summed E-state index contributed by atoms with van der Waals surface area (Å²) >= 11 is 4.36. The highest BCUT2D eigenvalue weighted by Crippen LogP contribution is 1.91. The molecule has 0 unspecified atom stereocenters. The average molecular weight is 155 g/mol. The van der Waals surface area contributed by atoms with Crippen molar-refractivity contribution in [2.75, 3.05) is 13.2 Å². The van der Waals surface area contributed by atoms with Crippen molar-refractivity contribution in [2.45, 2.75) is 6.43 Å². The zero-order valence-corrected chi connectivity index (χ0v) is 5.46. The Balaban J connectivity index is 3.01. The molecule has 0 saturated heterocycles. The zero-order chi connectivity index (χ0) is 7.28. The smallest absolute Gasteiger partial charge is 0.261 e. The molecule has 0 aromatic carbocycles. The fourth-order valence-corrected chi connectivity index (χ4v) is 0.332. The SMILES string of the molecule is NC(=S)COCC(F)F. The molecule has 0 aliphatic heterocycles. The van der Waals surface area contributed by atoms with Gasteiger partial charge in [-0.25, -0.2) is 8.78 Å². The molecule has 0 aliphatic rings. The first-order chi connectivity index (χ1) is 4.13. The second kappa shape index (κ2) is 4.58. The molecule has 0 aromatic heterocycles. The minimum absolute atomic E-state index is 0.0698. The van der Waals surface area contributed by atoms with Crippen molar-refractivity contribution in [3.63, 3.8) is 0 Å². The molecular weight excluding hydrogens is 148 g/mol. The summed E-state index contributed by atoms with van der Waals surface area (Å²) in [6.07, 6.45) is -2.45. The van der Waals surface area contributed by atoms with Gasteiger partial charge in [-0.3, -0.25) is 0 Å². The minimum Gasteiger partial charge on any atom is -0.391 e. The molecule has 0 aliphatic carbocycles. The van der Waals surface area contributed by atoms with Crippen LogP contribution < -0.4 is 5.73 Å². The Hall–Kier alpha value is -0.290. The fourth-order valence-electron chi connectivity index (χ4n) is 0.249. The van der Waals surface area contributed by atoms with Crippen LogP contribution in [0.4, 0.5) is 8.78 Å². The van der Waals surface area contributed by atoms with E-state index in [0.29, 0.717) is 0 Å². The summed E-state index contributed by atoms with van der Waals surface area (Å²) in [7, 11) is 0. The van der Waals surface area contributed by atoms with Crippen LogP contribution in [-0.2, 0) is 4.74 Å². The molecule has 0 saturated carbocycles. The van der Waals surface area contributed by atoms with Crippen molar-refractivity contribution in [2.24, 2.45) is 5.73 Å². The molecule has 2 nitrogen and oxygen atoms in total. The number of ether oxygens (including phenoxy) is 1. The van der Waals surface area contributed by atoms with Gasteiger partial charge in [0, 0.05) is 0 Å². The molecule has 0 amide bonds. The predicted molar refractivity (Wildman–Crippen MR) is 33.6 cm³/mol. The largest absolute Gasteiger partial charge is 0.391 e. The number of hydrogen-bond acceptors (Lipinski definition) is 2. The third-order valence-electron chi connectivity index (χ3n) is 0.488. The van der Waals surface area contributed by atoms with Crippen LogP contribution in [0.1, 0.15) is 0 Å². The summed E-state index contributed by atoms with van der Waals surface area (Å²) in [5.74, 6) is 0. The van der Waals surface area contributed by atoms with E-state index in [-0.39, 0.29) is 11.6 Å². The highest BCUT2D eigenvalue weighted by atomic mass is 32.1. The molecule has 9 heavy (non-hydrogen) atoms. The standard InChI is InChI=1S/C4H7F2NOS/c5-3(6)1-8-2-4(7)9/h3H,1-2H2,(H2,7,9). The van der Waals surface area contributed by atoms with Gasteiger partial charge in [0.15, 0.2) is 0 Å². The van der Waals surface area contributed by atoms with Gasteiger partial charge in [0.1, 0.15) is 6.61 Å². The molecular formula is C4H7F2NOS. The van der Waals surface area contributed by atoms with Gasteiger partial charge in [0.25, 0.3) is 6.43 Å². The Labute approximate surface area is 57.0 Å². The highest BCUT2D eigenvalue weighted by molar-refractivity contribution is 7.80. The Morgan fingerprint density at radius 1 is 1.67 bits per heavy atom. The Morgan fingerprint density at radius 2 is 2.22 bits per heavy atom. The van der Waals surface area contributed by atoms with E-state index in [1.807, 2.05) is 0 Å². The van der Waals surface area contributed by atoms with Crippen molar-refractivity contribution in [1.29, 1.82) is 0 Å². The number of alkyl halides is 2. The highest BCUT2D eigenvalue weighted by Gasteiger charge is 2.00. The van der Waals surface area contributed by atoms with Gasteiger partial charge in [-0.2, -0.15) is 0 Å². The molecule has 0 bridgehead atoms. The van der Waals surface area contributed by atoms with Crippen molar-refractivity contribution >= 4 is 17.2 Å². The normalized spacial score (nSPS) is 10.1. The van der Waals surface area contributed by atoms with Crippen molar-refractivity contribution in [3.8, 4) is 0 Å². The fraction of sp³-hybridized carbons (Fsp3) is 0.750. The lowest BCUT2D eigenvalue weighted by Gasteiger charge is -1.99. The van der Waals surface area contributed by atoms with Gasteiger partial charge in [0.2, 0.25) is 0 Å². The van der Waals surface area contributed by atoms with E-state index in [2.05, 4.69) is 17.0 Å². The second-order valence-corrected chi connectivity index (χ2v) is 1.90. The van der Waals surface area contributed by atoms with Gasteiger partial charge in [-0.15, -0.1) is 0 Å². The van der Waals surface area contributed by atoms with Crippen LogP contribution in [0.15, 0.2) is 0 Å². The van der Waals surface area contributed by atoms with E-state index in [1.54, 1.807) is 0 Å². The maximum Gasteiger partial charge on any atom is 0.261 e. The monoisotopic (exact) mass is 155 g/mol. The lowest BCUT2D eigenvalue weighted by atomic mass is 10.7. The van der Waals surface area contributed by atoms with Gasteiger partial charge in [-0.1, -0.05) is 12.2 Å². The maximum atomic E-state index is 11.3. The number of rotatable bonds is 4. The van der Waals surface area contributed by atoms with E-state index in [1.165, 1.54) is 0 Å². The first-order valence-corrected chi connectivity index (χ1v) is 2.68. The van der Waals surface area contributed by atoms with Gasteiger partial charge >= 0.3 is 0 Å². The van der Waals surface area contributed by atoms with E-state index >= 15 is 0 Å². The number of hydrogen-bond donors (Lipinski definition) is 1.